The van der Waals surface area contributed by atoms with Crippen molar-refractivity contribution in [3.63, 3.8) is 0 Å². The number of nitrogens with zero attached hydrogens (tertiary/aromatic N) is 6. The molecule has 0 unspecified atom stereocenters. The first-order valence-corrected chi connectivity index (χ1v) is 5.36. The molecule has 0 aliphatic rings. The van der Waals surface area contributed by atoms with E-state index in [9.17, 15) is 44.8 Å². The van der Waals surface area contributed by atoms with E-state index in [0.29, 0.717) is 0 Å². The van der Waals surface area contributed by atoms with Crippen LogP contribution < -0.4 is 0 Å². The predicted octanol–water partition coefficient (Wildman–Crippen LogP) is -2.07. The number of nitro groups is 2. The highest BCUT2D eigenvalue weighted by Gasteiger charge is 2.39. The maximum absolute atomic E-state index is 11.6. The molecular formula is C6H8N6O11. The predicted molar refractivity (Wildman–Crippen MR) is 62.1 cm³/mol. The van der Waals surface area contributed by atoms with Crippen molar-refractivity contribution >= 4 is 11.8 Å². The Labute approximate surface area is 124 Å². The highest BCUT2D eigenvalue weighted by atomic mass is 16.9. The molecule has 0 aliphatic heterocycles. The van der Waals surface area contributed by atoms with Crippen LogP contribution in [0, 0.1) is 35.3 Å². The molecule has 0 bridgehead atoms. The second kappa shape index (κ2) is 9.31. The summed E-state index contributed by atoms with van der Waals surface area (Å²) < 4.78 is 0. The molecule has 0 aromatic heterocycles. The average Bonchev–Trinajstić information content (AvgIpc) is 2.45. The topological polar surface area (TPSA) is 218 Å². The highest BCUT2D eigenvalue weighted by molar-refractivity contribution is 6.34. The number of hydrogen-bond donors (Lipinski definition) is 0. The van der Waals surface area contributed by atoms with E-state index in [1.807, 2.05) is 5.34 Å². The van der Waals surface area contributed by atoms with E-state index in [-0.39, 0.29) is 5.01 Å². The summed E-state index contributed by atoms with van der Waals surface area (Å²) in [5.74, 6) is -3.87. The molecule has 128 valence electrons. The molecule has 0 heterocycles. The fraction of sp³-hybridized carbons (Fsp3) is 0.667. The van der Waals surface area contributed by atoms with Crippen LogP contribution in [0.1, 0.15) is 0 Å². The van der Waals surface area contributed by atoms with Gasteiger partial charge in [0.15, 0.2) is 15.4 Å². The van der Waals surface area contributed by atoms with Crippen molar-refractivity contribution in [2.45, 2.75) is 0 Å². The zero-order valence-electron chi connectivity index (χ0n) is 11.0. The zero-order chi connectivity index (χ0) is 18.0. The Hall–Kier alpha value is -3.66. The van der Waals surface area contributed by atoms with Gasteiger partial charge in [-0.05, 0) is 10.0 Å². The first kappa shape index (κ1) is 19.3. The molecule has 0 rings (SSSR count). The summed E-state index contributed by atoms with van der Waals surface area (Å²) in [6.07, 6.45) is 0. The summed E-state index contributed by atoms with van der Waals surface area (Å²) in [4.78, 5) is 71.6. The van der Waals surface area contributed by atoms with Crippen LogP contribution in [0.5, 0.6) is 0 Å². The first-order valence-electron chi connectivity index (χ1n) is 5.36. The van der Waals surface area contributed by atoms with Crippen LogP contribution in [0.15, 0.2) is 5.34 Å². The third kappa shape index (κ3) is 6.55. The average molecular weight is 340 g/mol. The molecular weight excluding hydrogens is 332 g/mol. The normalized spacial score (nSPS) is 9.39. The third-order valence-corrected chi connectivity index (χ3v) is 1.99. The van der Waals surface area contributed by atoms with E-state index >= 15 is 0 Å². The molecule has 0 spiro atoms. The fourth-order valence-electron chi connectivity index (χ4n) is 1.10. The van der Waals surface area contributed by atoms with Crippen molar-refractivity contribution in [1.29, 1.82) is 0 Å². The van der Waals surface area contributed by atoms with E-state index in [1.165, 1.54) is 0 Å². The van der Waals surface area contributed by atoms with Crippen molar-refractivity contribution in [2.75, 3.05) is 26.3 Å². The lowest BCUT2D eigenvalue weighted by Gasteiger charge is -2.14. The standard InChI is InChI=1S/C6H8N6O11/c13-5(8(10(16)17)1-3-22-7-15)6(14)9(11(18)19)2-4-23-12(20)21/h1-4H2. The summed E-state index contributed by atoms with van der Waals surface area (Å²) in [6.45, 7) is -3.60. The van der Waals surface area contributed by atoms with Crippen molar-refractivity contribution in [3.05, 3.63) is 35.3 Å². The van der Waals surface area contributed by atoms with Crippen LogP contribution >= 0.6 is 0 Å². The van der Waals surface area contributed by atoms with E-state index in [4.69, 9.17) is 0 Å². The number of carbonyl (C=O) groups excluding carboxylic acids is 2. The van der Waals surface area contributed by atoms with Gasteiger partial charge in [0.1, 0.15) is 26.3 Å². The quantitative estimate of drug-likeness (QED) is 0.138. The monoisotopic (exact) mass is 340 g/mol. The van der Waals surface area contributed by atoms with Crippen molar-refractivity contribution in [3.8, 4) is 0 Å². The smallest absolute Gasteiger partial charge is 0.362 e. The van der Waals surface area contributed by atoms with Gasteiger partial charge in [0.2, 0.25) is 0 Å². The minimum absolute atomic E-state index is 0.349. The van der Waals surface area contributed by atoms with Gasteiger partial charge in [-0.15, -0.1) is 15.0 Å². The Kier molecular flexibility index (Phi) is 7.83. The first-order chi connectivity index (χ1) is 10.7. The van der Waals surface area contributed by atoms with E-state index in [0.717, 1.165) is 0 Å². The van der Waals surface area contributed by atoms with Gasteiger partial charge in [-0.2, -0.15) is 0 Å². The highest BCUT2D eigenvalue weighted by Crippen LogP contribution is 1.99. The van der Waals surface area contributed by atoms with Gasteiger partial charge in [0.05, 0.1) is 0 Å². The maximum atomic E-state index is 11.6. The molecule has 17 heteroatoms. The Morgan fingerprint density at radius 2 is 1.35 bits per heavy atom. The molecule has 0 aliphatic carbocycles. The molecule has 0 saturated heterocycles. The summed E-state index contributed by atoms with van der Waals surface area (Å²) in [5, 5.41) is 28.3. The van der Waals surface area contributed by atoms with E-state index < -0.39 is 58.3 Å². The second-order valence-corrected chi connectivity index (χ2v) is 3.30. The molecule has 0 N–H and O–H groups in total. The van der Waals surface area contributed by atoms with E-state index in [1.54, 1.807) is 0 Å². The number of amides is 2. The Balaban J connectivity index is 4.96. The van der Waals surface area contributed by atoms with Gasteiger partial charge in [0, 0.05) is 0 Å². The largest absolute Gasteiger partial charge is 0.376 e. The molecule has 0 aromatic carbocycles. The van der Waals surface area contributed by atoms with Gasteiger partial charge in [-0.25, -0.2) is 20.2 Å². The lowest BCUT2D eigenvalue weighted by atomic mass is 10.4. The van der Waals surface area contributed by atoms with Gasteiger partial charge in [-0.3, -0.25) is 9.59 Å². The van der Waals surface area contributed by atoms with Crippen molar-refractivity contribution in [1.82, 2.24) is 10.0 Å². The minimum Gasteiger partial charge on any atom is -0.362 e. The Morgan fingerprint density at radius 3 is 1.70 bits per heavy atom. The lowest BCUT2D eigenvalue weighted by molar-refractivity contribution is -0.760. The number of hydrogen-bond acceptors (Lipinski definition) is 12. The summed E-state index contributed by atoms with van der Waals surface area (Å²) in [6, 6.07) is 0. The van der Waals surface area contributed by atoms with Crippen LogP contribution in [0.2, 0.25) is 0 Å². The summed E-state index contributed by atoms with van der Waals surface area (Å²) >= 11 is 0. The second-order valence-electron chi connectivity index (χ2n) is 3.30. The Bertz CT molecular complexity index is 507. The molecule has 0 radical (unpaired) electrons. The van der Waals surface area contributed by atoms with Crippen LogP contribution in [-0.2, 0) is 19.3 Å². The summed E-state index contributed by atoms with van der Waals surface area (Å²) in [5.41, 5.74) is 0. The van der Waals surface area contributed by atoms with Crippen LogP contribution in [0.25, 0.3) is 0 Å². The molecule has 0 aromatic rings. The van der Waals surface area contributed by atoms with E-state index in [2.05, 4.69) is 9.68 Å². The van der Waals surface area contributed by atoms with Gasteiger partial charge in [0.25, 0.3) is 5.09 Å². The SMILES string of the molecule is O=NOCCN(C(=O)C(=O)N(CCO[N+](=O)[O-])[N+](=O)[O-])[N+](=O)[O-]. The maximum Gasteiger partial charge on any atom is 0.376 e. The number of rotatable bonds is 10. The van der Waals surface area contributed by atoms with Crippen LogP contribution in [0.3, 0.4) is 0 Å². The van der Waals surface area contributed by atoms with Crippen LogP contribution in [-0.4, -0.2) is 63.3 Å². The molecule has 17 nitrogen and oxygen atoms in total. The molecule has 0 saturated carbocycles. The van der Waals surface area contributed by atoms with Crippen LogP contribution in [0.4, 0.5) is 0 Å². The molecule has 0 atom stereocenters. The van der Waals surface area contributed by atoms with Gasteiger partial charge >= 0.3 is 11.8 Å². The molecule has 23 heavy (non-hydrogen) atoms. The zero-order valence-corrected chi connectivity index (χ0v) is 11.0. The number of hydrazine groups is 2. The molecule has 0 fully saturated rings. The van der Waals surface area contributed by atoms with Gasteiger partial charge in [-0.1, -0.05) is 0 Å². The van der Waals surface area contributed by atoms with Crippen molar-refractivity contribution in [2.24, 2.45) is 5.34 Å². The fourth-order valence-corrected chi connectivity index (χ4v) is 1.10. The van der Waals surface area contributed by atoms with Gasteiger partial charge < -0.3 is 9.68 Å². The summed E-state index contributed by atoms with van der Waals surface area (Å²) in [7, 11) is 0. The Morgan fingerprint density at radius 1 is 0.913 bits per heavy atom. The minimum atomic E-state index is -1.95. The molecule has 2 amide bonds. The third-order valence-electron chi connectivity index (χ3n) is 1.99. The number of carbonyl (C=O) groups is 2. The lowest BCUT2D eigenvalue weighted by Crippen LogP contribution is -2.51. The van der Waals surface area contributed by atoms with Crippen molar-refractivity contribution < 1.29 is 34.4 Å².